The molecule has 0 aliphatic carbocycles. The van der Waals surface area contributed by atoms with Crippen molar-refractivity contribution in [3.8, 4) is 0 Å². The Kier molecular flexibility index (Phi) is 13.0. The van der Waals surface area contributed by atoms with Gasteiger partial charge in [-0.05, 0) is 0 Å². The monoisotopic (exact) mass is 244 g/mol. The molecule has 0 heterocycles. The summed E-state index contributed by atoms with van der Waals surface area (Å²) in [5.41, 5.74) is 0. The molecule has 0 N–H and O–H groups in total. The molecule has 0 aliphatic heterocycles. The van der Waals surface area contributed by atoms with E-state index >= 15 is 0 Å². The lowest BCUT2D eigenvalue weighted by molar-refractivity contribution is -0.366. The minimum atomic E-state index is -3.17. The van der Waals surface area contributed by atoms with E-state index in [1.54, 1.807) is 0 Å². The van der Waals surface area contributed by atoms with Gasteiger partial charge >= 0.3 is 0 Å². The zero-order valence-electron chi connectivity index (χ0n) is 10.7. The minimum absolute atomic E-state index is 0.389. The molecule has 6 heteroatoms. The first-order chi connectivity index (χ1) is 5.73. The second-order valence-electron chi connectivity index (χ2n) is 5.64. The Labute approximate surface area is 90.2 Å². The SMILES string of the molecule is C[P+](C)(C)C.C[P+](C)(C)C.[O-]B([O-])F. The smallest absolute Gasteiger partial charge is 0.121 e. The zero-order valence-corrected chi connectivity index (χ0v) is 12.5. The second kappa shape index (κ2) is 9.03. The van der Waals surface area contributed by atoms with Gasteiger partial charge in [0.1, 0.15) is 7.40 Å². The van der Waals surface area contributed by atoms with Crippen LogP contribution in [0.3, 0.4) is 0 Å². The van der Waals surface area contributed by atoms with Gasteiger partial charge in [-0.25, -0.2) is 0 Å². The molecular weight excluding hydrogens is 220 g/mol. The number of hydrogen-bond acceptors (Lipinski definition) is 2. The van der Waals surface area contributed by atoms with Gasteiger partial charge in [0, 0.05) is 67.8 Å². The lowest BCUT2D eigenvalue weighted by Crippen LogP contribution is -2.39. The van der Waals surface area contributed by atoms with E-state index in [-0.39, 0.29) is 14.5 Å². The van der Waals surface area contributed by atoms with Gasteiger partial charge < -0.3 is 14.4 Å². The van der Waals surface area contributed by atoms with Crippen molar-refractivity contribution in [3.05, 3.63) is 0 Å². The predicted octanol–water partition coefficient (Wildman–Crippen LogP) is 0.708. The molecule has 0 radical (unpaired) electrons. The maximum Gasteiger partial charge on any atom is 0.121 e. The third kappa shape index (κ3) is 2950. The number of hydrogen-bond donors (Lipinski definition) is 0. The molecular formula is C8H24BFO2P2. The van der Waals surface area contributed by atoms with Crippen LogP contribution in [0.15, 0.2) is 0 Å². The van der Waals surface area contributed by atoms with Crippen LogP contribution in [0.4, 0.5) is 4.32 Å². The Morgan fingerprint density at radius 3 is 0.714 bits per heavy atom. The Morgan fingerprint density at radius 2 is 0.714 bits per heavy atom. The molecule has 2 nitrogen and oxygen atoms in total. The van der Waals surface area contributed by atoms with Gasteiger partial charge in [-0.15, -0.1) is 0 Å². The van der Waals surface area contributed by atoms with Crippen LogP contribution in [0.1, 0.15) is 0 Å². The summed E-state index contributed by atoms with van der Waals surface area (Å²) in [6.07, 6.45) is 0. The van der Waals surface area contributed by atoms with E-state index in [2.05, 4.69) is 53.3 Å². The van der Waals surface area contributed by atoms with E-state index in [0.29, 0.717) is 0 Å². The maximum atomic E-state index is 9.89. The summed E-state index contributed by atoms with van der Waals surface area (Å²) in [5, 5.41) is 16.6. The molecule has 0 aliphatic rings. The largest absolute Gasteiger partial charge is 0.867 e. The number of rotatable bonds is 0. The third-order valence-corrected chi connectivity index (χ3v) is 0. The molecule has 0 rings (SSSR count). The van der Waals surface area contributed by atoms with Crippen LogP contribution in [0.2, 0.25) is 0 Å². The molecule has 0 bridgehead atoms. The Morgan fingerprint density at radius 1 is 0.714 bits per heavy atom. The first kappa shape index (κ1) is 20.2. The molecule has 0 atom stereocenters. The van der Waals surface area contributed by atoms with Crippen molar-refractivity contribution in [2.45, 2.75) is 0 Å². The summed E-state index contributed by atoms with van der Waals surface area (Å²) in [7, 11) is -3.94. The summed E-state index contributed by atoms with van der Waals surface area (Å²) >= 11 is 0. The van der Waals surface area contributed by atoms with E-state index in [0.717, 1.165) is 0 Å². The van der Waals surface area contributed by atoms with Gasteiger partial charge in [0.15, 0.2) is 0 Å². The van der Waals surface area contributed by atoms with E-state index < -0.39 is 7.40 Å². The van der Waals surface area contributed by atoms with Crippen molar-refractivity contribution in [1.82, 2.24) is 0 Å². The van der Waals surface area contributed by atoms with Crippen LogP contribution < -0.4 is 10.0 Å². The van der Waals surface area contributed by atoms with E-state index in [4.69, 9.17) is 10.0 Å². The van der Waals surface area contributed by atoms with Crippen molar-refractivity contribution < 1.29 is 14.4 Å². The third-order valence-electron chi connectivity index (χ3n) is 0. The standard InChI is InChI=1S/2C4H12P.BFO2/c2*1-5(2,3)4;2-1(3)4/h2*1-4H3;/q2*+1;-2. The van der Waals surface area contributed by atoms with E-state index in [1.807, 2.05) is 0 Å². The van der Waals surface area contributed by atoms with Crippen molar-refractivity contribution in [3.63, 3.8) is 0 Å². The Bertz CT molecular complexity index is 94.7. The maximum absolute atomic E-state index is 9.89. The normalized spacial score (nSPS) is 10.5. The summed E-state index contributed by atoms with van der Waals surface area (Å²) in [4.78, 5) is 0. The fraction of sp³-hybridized carbons (Fsp3) is 1.00. The van der Waals surface area contributed by atoms with Gasteiger partial charge in [-0.2, -0.15) is 0 Å². The van der Waals surface area contributed by atoms with Gasteiger partial charge in [0.05, 0.1) is 0 Å². The highest BCUT2D eigenvalue weighted by Crippen LogP contribution is 2.40. The lowest BCUT2D eigenvalue weighted by atomic mass is 10.3. The number of halogens is 1. The molecule has 0 spiro atoms. The van der Waals surface area contributed by atoms with Crippen molar-refractivity contribution in [2.24, 2.45) is 0 Å². The minimum Gasteiger partial charge on any atom is -0.867 e. The van der Waals surface area contributed by atoms with Crippen molar-refractivity contribution in [1.29, 1.82) is 0 Å². The van der Waals surface area contributed by atoms with E-state index in [1.165, 1.54) is 0 Å². The van der Waals surface area contributed by atoms with Crippen LogP contribution in [0, 0.1) is 0 Å². The summed E-state index contributed by atoms with van der Waals surface area (Å²) in [6, 6.07) is 0. The molecule has 0 saturated heterocycles. The van der Waals surface area contributed by atoms with Gasteiger partial charge in [-0.3, -0.25) is 0 Å². The summed E-state index contributed by atoms with van der Waals surface area (Å²) < 4.78 is 9.89. The van der Waals surface area contributed by atoms with Crippen LogP contribution in [-0.2, 0) is 0 Å². The fourth-order valence-electron chi connectivity index (χ4n) is 0. The van der Waals surface area contributed by atoms with Crippen LogP contribution in [0.5, 0.6) is 0 Å². The summed E-state index contributed by atoms with van der Waals surface area (Å²) in [6.45, 7) is 18.4. The second-order valence-corrected chi connectivity index (χ2v) is 16.4. The first-order valence-electron chi connectivity index (χ1n) is 4.27. The molecule has 88 valence electrons. The molecule has 0 aromatic rings. The molecule has 0 aromatic heterocycles. The van der Waals surface area contributed by atoms with Crippen LogP contribution in [-0.4, -0.2) is 60.7 Å². The zero-order chi connectivity index (χ0) is 12.6. The van der Waals surface area contributed by atoms with Gasteiger partial charge in [-0.1, -0.05) is 0 Å². The van der Waals surface area contributed by atoms with Crippen molar-refractivity contribution >= 4 is 21.9 Å². The Balaban J connectivity index is -0.000000131. The van der Waals surface area contributed by atoms with Gasteiger partial charge in [0.25, 0.3) is 0 Å². The van der Waals surface area contributed by atoms with Crippen LogP contribution in [0.25, 0.3) is 0 Å². The average molecular weight is 244 g/mol. The topological polar surface area (TPSA) is 46.1 Å². The van der Waals surface area contributed by atoms with Gasteiger partial charge in [0.2, 0.25) is 0 Å². The molecule has 0 unspecified atom stereocenters. The Hall–Kier alpha value is 0.775. The molecule has 14 heavy (non-hydrogen) atoms. The quantitative estimate of drug-likeness (QED) is 0.465. The molecule has 0 aromatic carbocycles. The van der Waals surface area contributed by atoms with Crippen molar-refractivity contribution in [2.75, 3.05) is 53.3 Å². The highest BCUT2D eigenvalue weighted by molar-refractivity contribution is 7.73. The molecule has 0 fully saturated rings. The molecule has 0 saturated carbocycles. The van der Waals surface area contributed by atoms with Crippen LogP contribution >= 0.6 is 14.5 Å². The highest BCUT2D eigenvalue weighted by atomic mass is 31.2. The lowest BCUT2D eigenvalue weighted by Gasteiger charge is -2.09. The summed E-state index contributed by atoms with van der Waals surface area (Å²) in [5.74, 6) is 0. The molecule has 0 amide bonds. The average Bonchev–Trinajstić information content (AvgIpc) is 1.45. The fourth-order valence-corrected chi connectivity index (χ4v) is 0. The predicted molar refractivity (Wildman–Crippen MR) is 68.1 cm³/mol. The highest BCUT2D eigenvalue weighted by Gasteiger charge is 2.03. The van der Waals surface area contributed by atoms with E-state index in [9.17, 15) is 4.32 Å². The first-order valence-corrected chi connectivity index (χ1v) is 11.4.